The van der Waals surface area contributed by atoms with Crippen molar-refractivity contribution < 1.29 is 14.3 Å². The van der Waals surface area contributed by atoms with Crippen molar-refractivity contribution >= 4 is 45.4 Å². The predicted octanol–water partition coefficient (Wildman–Crippen LogP) is 6.44. The Balaban J connectivity index is 1.48. The number of amides is 1. The van der Waals surface area contributed by atoms with Gasteiger partial charge < -0.3 is 4.74 Å². The minimum Gasteiger partial charge on any atom is -0.455 e. The Morgan fingerprint density at radius 2 is 1.78 bits per heavy atom. The SMILES string of the molecule is CC(=O)N(c1nc(COC(=O)c2cc3c(s2)CCCCC3)cs1)c1c(C)cc(C)cc1C. The van der Waals surface area contributed by atoms with Crippen molar-refractivity contribution in [2.24, 2.45) is 0 Å². The maximum Gasteiger partial charge on any atom is 0.348 e. The molecule has 0 radical (unpaired) electrons. The van der Waals surface area contributed by atoms with Gasteiger partial charge in [0.05, 0.1) is 11.4 Å². The Kier molecular flexibility index (Phi) is 6.76. The van der Waals surface area contributed by atoms with Crippen LogP contribution in [0.4, 0.5) is 10.8 Å². The van der Waals surface area contributed by atoms with Gasteiger partial charge in [-0.15, -0.1) is 22.7 Å². The average molecular weight is 469 g/mol. The highest BCUT2D eigenvalue weighted by atomic mass is 32.1. The summed E-state index contributed by atoms with van der Waals surface area (Å²) in [5.74, 6) is -0.399. The smallest absolute Gasteiger partial charge is 0.348 e. The summed E-state index contributed by atoms with van der Waals surface area (Å²) in [6.07, 6.45) is 5.74. The van der Waals surface area contributed by atoms with E-state index in [4.69, 9.17) is 4.74 Å². The molecular formula is C25H28N2O3S2. The van der Waals surface area contributed by atoms with Crippen LogP contribution in [0.5, 0.6) is 0 Å². The average Bonchev–Trinajstić information content (AvgIpc) is 3.30. The third-order valence-corrected chi connectivity index (χ3v) is 7.80. The first-order valence-electron chi connectivity index (χ1n) is 10.9. The van der Waals surface area contributed by atoms with Gasteiger partial charge in [0, 0.05) is 17.2 Å². The Labute approximate surface area is 197 Å². The summed E-state index contributed by atoms with van der Waals surface area (Å²) < 4.78 is 5.56. The highest BCUT2D eigenvalue weighted by molar-refractivity contribution is 7.14. The molecule has 1 aliphatic rings. The first-order valence-corrected chi connectivity index (χ1v) is 12.6. The van der Waals surface area contributed by atoms with Crippen molar-refractivity contribution in [2.75, 3.05) is 4.90 Å². The van der Waals surface area contributed by atoms with Crippen LogP contribution >= 0.6 is 22.7 Å². The molecule has 168 valence electrons. The Hall–Kier alpha value is -2.51. The van der Waals surface area contributed by atoms with E-state index in [1.54, 1.807) is 23.2 Å². The number of nitrogens with zero attached hydrogens (tertiary/aromatic N) is 2. The van der Waals surface area contributed by atoms with E-state index in [2.05, 4.69) is 17.1 Å². The molecule has 0 saturated carbocycles. The van der Waals surface area contributed by atoms with Crippen LogP contribution in [0.3, 0.4) is 0 Å². The first-order chi connectivity index (χ1) is 15.3. The normalized spacial score (nSPS) is 13.4. The number of thiazole rings is 1. The van der Waals surface area contributed by atoms with Crippen molar-refractivity contribution in [3.63, 3.8) is 0 Å². The van der Waals surface area contributed by atoms with Gasteiger partial charge in [-0.1, -0.05) is 24.1 Å². The van der Waals surface area contributed by atoms with Gasteiger partial charge >= 0.3 is 5.97 Å². The summed E-state index contributed by atoms with van der Waals surface area (Å²) in [4.78, 5) is 33.4. The van der Waals surface area contributed by atoms with Gasteiger partial charge in [0.1, 0.15) is 11.5 Å². The number of fused-ring (bicyclic) bond motifs is 1. The van der Waals surface area contributed by atoms with Gasteiger partial charge in [0.15, 0.2) is 5.13 Å². The number of hydrogen-bond acceptors (Lipinski definition) is 6. The molecule has 0 fully saturated rings. The molecule has 32 heavy (non-hydrogen) atoms. The fraction of sp³-hybridized carbons (Fsp3) is 0.400. The van der Waals surface area contributed by atoms with E-state index in [1.165, 1.54) is 41.0 Å². The van der Waals surface area contributed by atoms with Crippen molar-refractivity contribution in [2.45, 2.75) is 66.4 Å². The van der Waals surface area contributed by atoms with Crippen LogP contribution in [0.2, 0.25) is 0 Å². The molecule has 0 bridgehead atoms. The number of ether oxygens (including phenoxy) is 1. The third-order valence-electron chi connectivity index (χ3n) is 5.70. The zero-order valence-electron chi connectivity index (χ0n) is 19.0. The molecule has 0 atom stereocenters. The van der Waals surface area contributed by atoms with Crippen molar-refractivity contribution in [3.8, 4) is 0 Å². The second-order valence-corrected chi connectivity index (χ2v) is 10.4. The first kappa shape index (κ1) is 22.7. The van der Waals surface area contributed by atoms with E-state index < -0.39 is 0 Å². The molecule has 0 aliphatic heterocycles. The van der Waals surface area contributed by atoms with Crippen LogP contribution < -0.4 is 4.90 Å². The number of thiophene rings is 1. The minimum absolute atomic E-state index is 0.0928. The standard InChI is InChI=1S/C25H28N2O3S2/c1-15-10-16(2)23(17(3)11-15)27(18(4)28)25-26-20(14-31-25)13-30-24(29)22-12-19-8-6-5-7-9-21(19)32-22/h10-12,14H,5-9,13H2,1-4H3. The number of rotatable bonds is 5. The molecular weight excluding hydrogens is 440 g/mol. The summed E-state index contributed by atoms with van der Waals surface area (Å²) >= 11 is 2.94. The van der Waals surface area contributed by atoms with Gasteiger partial charge in [-0.2, -0.15) is 0 Å². The van der Waals surface area contributed by atoms with E-state index in [0.717, 1.165) is 35.2 Å². The molecule has 2 aromatic heterocycles. The molecule has 1 amide bonds. The summed E-state index contributed by atoms with van der Waals surface area (Å²) in [5.41, 5.74) is 6.02. The number of benzene rings is 1. The van der Waals surface area contributed by atoms with Crippen LogP contribution in [0.1, 0.15) is 68.7 Å². The molecule has 3 aromatic rings. The van der Waals surface area contributed by atoms with Gasteiger partial charge in [0.2, 0.25) is 5.91 Å². The summed E-state index contributed by atoms with van der Waals surface area (Å²) in [6, 6.07) is 6.13. The van der Waals surface area contributed by atoms with Gasteiger partial charge in [0.25, 0.3) is 0 Å². The lowest BCUT2D eigenvalue weighted by Crippen LogP contribution is -2.24. The molecule has 0 N–H and O–H groups in total. The quantitative estimate of drug-likeness (QED) is 0.319. The maximum absolute atomic E-state index is 12.6. The highest BCUT2D eigenvalue weighted by Crippen LogP contribution is 2.35. The van der Waals surface area contributed by atoms with Crippen molar-refractivity contribution in [1.82, 2.24) is 4.98 Å². The lowest BCUT2D eigenvalue weighted by molar-refractivity contribution is -0.115. The van der Waals surface area contributed by atoms with E-state index in [0.29, 0.717) is 15.7 Å². The second kappa shape index (κ2) is 9.55. The number of anilines is 2. The van der Waals surface area contributed by atoms with Crippen molar-refractivity contribution in [1.29, 1.82) is 0 Å². The van der Waals surface area contributed by atoms with Gasteiger partial charge in [-0.25, -0.2) is 9.78 Å². The lowest BCUT2D eigenvalue weighted by atomic mass is 10.0. The predicted molar refractivity (Wildman–Crippen MR) is 130 cm³/mol. The number of aromatic nitrogens is 1. The van der Waals surface area contributed by atoms with Crippen LogP contribution in [-0.2, 0) is 29.0 Å². The van der Waals surface area contributed by atoms with E-state index in [9.17, 15) is 9.59 Å². The molecule has 1 aliphatic carbocycles. The number of esters is 1. The van der Waals surface area contributed by atoms with Crippen molar-refractivity contribution in [3.05, 3.63) is 61.3 Å². The lowest BCUT2D eigenvalue weighted by Gasteiger charge is -2.23. The number of hydrogen-bond donors (Lipinski definition) is 0. The molecule has 1 aromatic carbocycles. The number of carbonyl (C=O) groups is 2. The molecule has 7 heteroatoms. The Bertz CT molecular complexity index is 1120. The molecule has 2 heterocycles. The van der Waals surface area contributed by atoms with E-state index >= 15 is 0 Å². The number of carbonyl (C=O) groups excluding carboxylic acids is 2. The topological polar surface area (TPSA) is 59.5 Å². The van der Waals surface area contributed by atoms with E-state index in [1.807, 2.05) is 32.2 Å². The Morgan fingerprint density at radius 1 is 1.06 bits per heavy atom. The summed E-state index contributed by atoms with van der Waals surface area (Å²) in [5, 5.41) is 2.43. The molecule has 5 nitrogen and oxygen atoms in total. The number of aryl methyl sites for hydroxylation is 5. The monoisotopic (exact) mass is 468 g/mol. The molecule has 0 spiro atoms. The fourth-order valence-electron chi connectivity index (χ4n) is 4.36. The zero-order chi connectivity index (χ0) is 22.8. The third kappa shape index (κ3) is 4.79. The molecule has 0 unspecified atom stereocenters. The highest BCUT2D eigenvalue weighted by Gasteiger charge is 2.23. The van der Waals surface area contributed by atoms with Gasteiger partial charge in [-0.05, 0) is 69.2 Å². The summed E-state index contributed by atoms with van der Waals surface area (Å²) in [6.45, 7) is 7.69. The maximum atomic E-state index is 12.6. The fourth-order valence-corrected chi connectivity index (χ4v) is 6.36. The van der Waals surface area contributed by atoms with Crippen LogP contribution in [0.15, 0.2) is 23.6 Å². The van der Waals surface area contributed by atoms with Crippen LogP contribution in [0, 0.1) is 20.8 Å². The Morgan fingerprint density at radius 3 is 2.50 bits per heavy atom. The molecule has 0 saturated heterocycles. The van der Waals surface area contributed by atoms with Crippen LogP contribution in [-0.4, -0.2) is 16.9 Å². The van der Waals surface area contributed by atoms with E-state index in [-0.39, 0.29) is 18.5 Å². The van der Waals surface area contributed by atoms with Gasteiger partial charge in [-0.3, -0.25) is 9.69 Å². The minimum atomic E-state index is -0.300. The zero-order valence-corrected chi connectivity index (χ0v) is 20.6. The molecule has 4 rings (SSSR count). The summed E-state index contributed by atoms with van der Waals surface area (Å²) in [7, 11) is 0. The second-order valence-electron chi connectivity index (χ2n) is 8.42. The largest absolute Gasteiger partial charge is 0.455 e. The van der Waals surface area contributed by atoms with Crippen LogP contribution in [0.25, 0.3) is 0 Å².